The van der Waals surface area contributed by atoms with Crippen LogP contribution in [-0.4, -0.2) is 47.9 Å². The van der Waals surface area contributed by atoms with Crippen molar-refractivity contribution in [2.24, 2.45) is 17.1 Å². The molecule has 2 aliphatic rings. The van der Waals surface area contributed by atoms with Gasteiger partial charge in [0.1, 0.15) is 0 Å². The zero-order valence-electron chi connectivity index (χ0n) is 19.3. The lowest BCUT2D eigenvalue weighted by Crippen LogP contribution is -2.49. The topological polar surface area (TPSA) is 106 Å². The van der Waals surface area contributed by atoms with E-state index in [2.05, 4.69) is 4.98 Å². The minimum Gasteiger partial charge on any atom is -0.370 e. The number of alkyl halides is 3. The van der Waals surface area contributed by atoms with E-state index in [0.717, 1.165) is 23.0 Å². The minimum atomic E-state index is -4.67. The molecule has 0 aliphatic carbocycles. The highest BCUT2D eigenvalue weighted by Crippen LogP contribution is 2.47. The number of nitrogens with zero attached hydrogens (tertiary/aromatic N) is 3. The maximum Gasteiger partial charge on any atom is 0.417 e. The van der Waals surface area contributed by atoms with Crippen molar-refractivity contribution in [3.63, 3.8) is 0 Å². The van der Waals surface area contributed by atoms with Crippen LogP contribution in [0.5, 0.6) is 0 Å². The number of H-pyrrole nitrogens is 1. The van der Waals surface area contributed by atoms with E-state index in [-0.39, 0.29) is 12.5 Å². The van der Waals surface area contributed by atoms with Gasteiger partial charge in [0.25, 0.3) is 5.91 Å². The second kappa shape index (κ2) is 8.59. The molecule has 1 spiro atoms. The molecule has 5 rings (SSSR count). The third-order valence-electron chi connectivity index (χ3n) is 7.66. The number of fused-ring (bicyclic) bond motifs is 1. The van der Waals surface area contributed by atoms with Crippen LogP contribution in [0.1, 0.15) is 34.3 Å². The predicted molar refractivity (Wildman–Crippen MR) is 127 cm³/mol. The number of rotatable bonds is 3. The standard InChI is InChI=1S/C26H24F3N5O2/c27-26(28,29)20-12-17(5-4-16(20)13-30)34-14-21(23(31)35)25(15-34)7-10-33(11-8-25)24(36)19-2-1-3-22-18(19)6-9-32-22/h1-6,9,12,21,32H,7-8,10-11,14-15H2,(H2,31,35). The van der Waals surface area contributed by atoms with Gasteiger partial charge in [-0.1, -0.05) is 6.07 Å². The Balaban J connectivity index is 1.37. The smallest absolute Gasteiger partial charge is 0.370 e. The Morgan fingerprint density at radius 3 is 2.56 bits per heavy atom. The number of nitriles is 1. The number of primary amides is 1. The minimum absolute atomic E-state index is 0.0950. The van der Waals surface area contributed by atoms with Crippen LogP contribution in [0.3, 0.4) is 0 Å². The van der Waals surface area contributed by atoms with Crippen LogP contribution >= 0.6 is 0 Å². The first-order valence-corrected chi connectivity index (χ1v) is 11.6. The Kier molecular flexibility index (Phi) is 5.66. The highest BCUT2D eigenvalue weighted by Gasteiger charge is 2.51. The number of halogens is 3. The van der Waals surface area contributed by atoms with Crippen LogP contribution < -0.4 is 10.6 Å². The molecule has 2 fully saturated rings. The van der Waals surface area contributed by atoms with E-state index in [1.54, 1.807) is 28.1 Å². The fourth-order valence-electron chi connectivity index (χ4n) is 5.72. The molecule has 3 heterocycles. The van der Waals surface area contributed by atoms with E-state index in [1.165, 1.54) is 6.07 Å². The fourth-order valence-corrected chi connectivity index (χ4v) is 5.72. The number of piperidine rings is 1. The van der Waals surface area contributed by atoms with Gasteiger partial charge in [0.2, 0.25) is 5.91 Å². The normalized spacial score (nSPS) is 19.6. The molecule has 0 radical (unpaired) electrons. The van der Waals surface area contributed by atoms with Gasteiger partial charge in [0, 0.05) is 59.9 Å². The Morgan fingerprint density at radius 2 is 1.89 bits per heavy atom. The van der Waals surface area contributed by atoms with Crippen molar-refractivity contribution >= 4 is 28.4 Å². The van der Waals surface area contributed by atoms with E-state index in [4.69, 9.17) is 11.0 Å². The first-order valence-electron chi connectivity index (χ1n) is 11.6. The molecule has 36 heavy (non-hydrogen) atoms. The first kappa shape index (κ1) is 23.7. The second-order valence-corrected chi connectivity index (χ2v) is 9.57. The Hall–Kier alpha value is -4.00. The number of aromatic amines is 1. The van der Waals surface area contributed by atoms with Gasteiger partial charge in [-0.3, -0.25) is 9.59 Å². The van der Waals surface area contributed by atoms with E-state index in [0.29, 0.717) is 43.7 Å². The molecule has 2 saturated heterocycles. The molecule has 1 unspecified atom stereocenters. The van der Waals surface area contributed by atoms with Crippen molar-refractivity contribution in [3.8, 4) is 6.07 Å². The van der Waals surface area contributed by atoms with E-state index in [9.17, 15) is 22.8 Å². The van der Waals surface area contributed by atoms with Crippen LogP contribution in [0, 0.1) is 22.7 Å². The quantitative estimate of drug-likeness (QED) is 0.575. The molecule has 2 aromatic carbocycles. The van der Waals surface area contributed by atoms with E-state index < -0.39 is 34.5 Å². The van der Waals surface area contributed by atoms with Crippen LogP contribution in [-0.2, 0) is 11.0 Å². The summed E-state index contributed by atoms with van der Waals surface area (Å²) in [6.07, 6.45) is -1.87. The van der Waals surface area contributed by atoms with Crippen molar-refractivity contribution in [2.45, 2.75) is 19.0 Å². The number of nitrogens with two attached hydrogens (primary N) is 1. The molecule has 3 N–H and O–H groups in total. The molecular formula is C26H24F3N5O2. The van der Waals surface area contributed by atoms with Gasteiger partial charge in [0.15, 0.2) is 0 Å². The molecule has 1 atom stereocenters. The Bertz CT molecular complexity index is 1380. The highest BCUT2D eigenvalue weighted by atomic mass is 19.4. The van der Waals surface area contributed by atoms with Crippen molar-refractivity contribution in [1.82, 2.24) is 9.88 Å². The summed E-state index contributed by atoms with van der Waals surface area (Å²) in [7, 11) is 0. The second-order valence-electron chi connectivity index (χ2n) is 9.57. The number of aromatic nitrogens is 1. The van der Waals surface area contributed by atoms with Gasteiger partial charge in [-0.05, 0) is 49.2 Å². The van der Waals surface area contributed by atoms with Gasteiger partial charge in [-0.2, -0.15) is 18.4 Å². The molecule has 7 nitrogen and oxygen atoms in total. The Morgan fingerprint density at radius 1 is 1.14 bits per heavy atom. The molecular weight excluding hydrogens is 471 g/mol. The Labute approximate surface area is 205 Å². The lowest BCUT2D eigenvalue weighted by atomic mass is 9.70. The molecule has 2 aliphatic heterocycles. The zero-order valence-corrected chi connectivity index (χ0v) is 19.3. The lowest BCUT2D eigenvalue weighted by Gasteiger charge is -2.41. The largest absolute Gasteiger partial charge is 0.417 e. The monoisotopic (exact) mass is 495 g/mol. The van der Waals surface area contributed by atoms with Gasteiger partial charge in [0.05, 0.1) is 23.1 Å². The molecule has 0 bridgehead atoms. The fraction of sp³-hybridized carbons (Fsp3) is 0.346. The summed E-state index contributed by atoms with van der Waals surface area (Å²) in [5, 5.41) is 9.93. The molecule has 10 heteroatoms. The van der Waals surface area contributed by atoms with Gasteiger partial charge in [-0.25, -0.2) is 0 Å². The zero-order chi connectivity index (χ0) is 25.7. The number of likely N-dealkylation sites (tertiary alicyclic amines) is 1. The molecule has 1 aromatic heterocycles. The molecule has 3 aromatic rings. The number of amides is 2. The summed E-state index contributed by atoms with van der Waals surface area (Å²) in [5.41, 5.74) is 5.52. The van der Waals surface area contributed by atoms with Crippen LogP contribution in [0.25, 0.3) is 10.9 Å². The predicted octanol–water partition coefficient (Wildman–Crippen LogP) is 3.90. The van der Waals surface area contributed by atoms with Crippen molar-refractivity contribution in [1.29, 1.82) is 5.26 Å². The summed E-state index contributed by atoms with van der Waals surface area (Å²) >= 11 is 0. The number of anilines is 1. The maximum atomic E-state index is 13.5. The summed E-state index contributed by atoms with van der Waals surface area (Å²) in [6, 6.07) is 12.6. The highest BCUT2D eigenvalue weighted by molar-refractivity contribution is 6.06. The number of carbonyl (C=O) groups is 2. The van der Waals surface area contributed by atoms with Crippen molar-refractivity contribution in [2.75, 3.05) is 31.1 Å². The molecule has 186 valence electrons. The summed E-state index contributed by atoms with van der Waals surface area (Å²) in [5.74, 6) is -1.16. The SMILES string of the molecule is N#Cc1ccc(N2CC(C(N)=O)C3(CCN(C(=O)c4cccc5[nH]ccc45)CC3)C2)cc1C(F)(F)F. The number of nitrogens with one attached hydrogen (secondary N) is 1. The summed E-state index contributed by atoms with van der Waals surface area (Å²) in [6.45, 7) is 1.37. The van der Waals surface area contributed by atoms with Crippen LogP contribution in [0.15, 0.2) is 48.7 Å². The summed E-state index contributed by atoms with van der Waals surface area (Å²) < 4.78 is 40.5. The number of hydrogen-bond donors (Lipinski definition) is 2. The van der Waals surface area contributed by atoms with Gasteiger partial charge < -0.3 is 20.5 Å². The third-order valence-corrected chi connectivity index (χ3v) is 7.66. The lowest BCUT2D eigenvalue weighted by molar-refractivity contribution is -0.137. The van der Waals surface area contributed by atoms with E-state index in [1.807, 2.05) is 18.2 Å². The van der Waals surface area contributed by atoms with Crippen molar-refractivity contribution < 1.29 is 22.8 Å². The summed E-state index contributed by atoms with van der Waals surface area (Å²) in [4.78, 5) is 32.3. The van der Waals surface area contributed by atoms with Crippen molar-refractivity contribution in [3.05, 3.63) is 65.4 Å². The third kappa shape index (κ3) is 3.94. The maximum absolute atomic E-state index is 13.5. The molecule has 2 amide bonds. The number of hydrogen-bond acceptors (Lipinski definition) is 4. The van der Waals surface area contributed by atoms with Crippen LogP contribution in [0.2, 0.25) is 0 Å². The van der Waals surface area contributed by atoms with Gasteiger partial charge >= 0.3 is 6.18 Å². The van der Waals surface area contributed by atoms with Gasteiger partial charge in [-0.15, -0.1) is 0 Å². The number of carbonyl (C=O) groups excluding carboxylic acids is 2. The molecule has 0 saturated carbocycles. The average molecular weight is 496 g/mol. The number of benzene rings is 2. The first-order chi connectivity index (χ1) is 17.1. The average Bonchev–Trinajstić information content (AvgIpc) is 3.48. The van der Waals surface area contributed by atoms with Crippen LogP contribution in [0.4, 0.5) is 18.9 Å². The van der Waals surface area contributed by atoms with E-state index >= 15 is 0 Å².